The molecule has 0 bridgehead atoms. The Bertz CT molecular complexity index is 808. The van der Waals surface area contributed by atoms with Crippen LogP contribution in [-0.4, -0.2) is 9.55 Å². The zero-order chi connectivity index (χ0) is 14.1. The van der Waals surface area contributed by atoms with Crippen molar-refractivity contribution in [3.8, 4) is 6.07 Å². The third-order valence-electron chi connectivity index (χ3n) is 3.60. The van der Waals surface area contributed by atoms with E-state index in [1.807, 2.05) is 23.9 Å². The first-order chi connectivity index (χ1) is 9.69. The van der Waals surface area contributed by atoms with E-state index in [0.29, 0.717) is 0 Å². The van der Waals surface area contributed by atoms with Gasteiger partial charge < -0.3 is 4.57 Å². The molecule has 0 N–H and O–H groups in total. The van der Waals surface area contributed by atoms with E-state index >= 15 is 0 Å². The van der Waals surface area contributed by atoms with Gasteiger partial charge in [-0.1, -0.05) is 35.9 Å². The SMILES string of the molecule is Cc1ccc2cc(C(C#N)c3nccn3C)ccc2c1. The van der Waals surface area contributed by atoms with E-state index in [-0.39, 0.29) is 5.92 Å². The average Bonchev–Trinajstić information content (AvgIpc) is 2.86. The van der Waals surface area contributed by atoms with E-state index < -0.39 is 0 Å². The second kappa shape index (κ2) is 4.82. The summed E-state index contributed by atoms with van der Waals surface area (Å²) >= 11 is 0. The second-order valence-corrected chi connectivity index (χ2v) is 5.07. The van der Waals surface area contributed by atoms with Crippen molar-refractivity contribution in [1.29, 1.82) is 5.26 Å². The predicted octanol–water partition coefficient (Wildman–Crippen LogP) is 3.54. The Balaban J connectivity index is 2.11. The highest BCUT2D eigenvalue weighted by Gasteiger charge is 2.17. The smallest absolute Gasteiger partial charge is 0.130 e. The fourth-order valence-corrected chi connectivity index (χ4v) is 2.50. The summed E-state index contributed by atoms with van der Waals surface area (Å²) in [5, 5.41) is 11.8. The maximum absolute atomic E-state index is 9.49. The minimum absolute atomic E-state index is 0.333. The third kappa shape index (κ3) is 2.06. The molecule has 0 radical (unpaired) electrons. The van der Waals surface area contributed by atoms with Gasteiger partial charge in [-0.05, 0) is 29.3 Å². The van der Waals surface area contributed by atoms with Crippen LogP contribution >= 0.6 is 0 Å². The van der Waals surface area contributed by atoms with Crippen molar-refractivity contribution in [3.63, 3.8) is 0 Å². The van der Waals surface area contributed by atoms with Crippen LogP contribution in [0.3, 0.4) is 0 Å². The number of aromatic nitrogens is 2. The van der Waals surface area contributed by atoms with Gasteiger partial charge in [0.05, 0.1) is 6.07 Å². The standard InChI is InChI=1S/C17H15N3/c1-12-3-4-14-10-15(6-5-13(14)9-12)16(11-18)17-19-7-8-20(17)2/h3-10,16H,1-2H3. The Morgan fingerprint density at radius 3 is 2.60 bits per heavy atom. The Morgan fingerprint density at radius 1 is 1.15 bits per heavy atom. The van der Waals surface area contributed by atoms with Gasteiger partial charge in [-0.25, -0.2) is 4.98 Å². The number of rotatable bonds is 2. The van der Waals surface area contributed by atoms with Crippen LogP contribution in [0, 0.1) is 18.3 Å². The van der Waals surface area contributed by atoms with Gasteiger partial charge in [0.15, 0.2) is 0 Å². The number of aryl methyl sites for hydroxylation is 2. The van der Waals surface area contributed by atoms with Crippen LogP contribution in [0.4, 0.5) is 0 Å². The molecular formula is C17H15N3. The van der Waals surface area contributed by atoms with E-state index in [1.54, 1.807) is 6.20 Å². The Hall–Kier alpha value is -2.60. The average molecular weight is 261 g/mol. The lowest BCUT2D eigenvalue weighted by atomic mass is 9.96. The third-order valence-corrected chi connectivity index (χ3v) is 3.60. The van der Waals surface area contributed by atoms with Gasteiger partial charge in [0, 0.05) is 19.4 Å². The van der Waals surface area contributed by atoms with Crippen molar-refractivity contribution >= 4 is 10.8 Å². The molecule has 0 spiro atoms. The molecule has 1 atom stereocenters. The molecule has 0 aliphatic rings. The molecule has 1 aromatic heterocycles. The lowest BCUT2D eigenvalue weighted by Gasteiger charge is -2.11. The Morgan fingerprint density at radius 2 is 1.90 bits per heavy atom. The van der Waals surface area contributed by atoms with Crippen LogP contribution in [0.5, 0.6) is 0 Å². The molecule has 1 unspecified atom stereocenters. The van der Waals surface area contributed by atoms with Gasteiger partial charge in [-0.3, -0.25) is 0 Å². The number of hydrogen-bond acceptors (Lipinski definition) is 2. The molecule has 98 valence electrons. The van der Waals surface area contributed by atoms with Crippen molar-refractivity contribution in [2.24, 2.45) is 7.05 Å². The molecule has 0 amide bonds. The van der Waals surface area contributed by atoms with E-state index in [9.17, 15) is 5.26 Å². The summed E-state index contributed by atoms with van der Waals surface area (Å²) in [6, 6.07) is 14.9. The molecule has 0 saturated carbocycles. The summed E-state index contributed by atoms with van der Waals surface area (Å²) in [6.45, 7) is 2.08. The van der Waals surface area contributed by atoms with E-state index in [0.717, 1.165) is 16.8 Å². The minimum atomic E-state index is -0.333. The van der Waals surface area contributed by atoms with Crippen molar-refractivity contribution in [1.82, 2.24) is 9.55 Å². The normalized spacial score (nSPS) is 12.2. The number of nitriles is 1. The Kier molecular flexibility index (Phi) is 3.00. The number of imidazole rings is 1. The van der Waals surface area contributed by atoms with Crippen molar-refractivity contribution in [2.45, 2.75) is 12.8 Å². The van der Waals surface area contributed by atoms with Gasteiger partial charge in [0.25, 0.3) is 0 Å². The van der Waals surface area contributed by atoms with Crippen LogP contribution in [0.15, 0.2) is 48.8 Å². The molecule has 0 fully saturated rings. The number of nitrogens with zero attached hydrogens (tertiary/aromatic N) is 3. The maximum atomic E-state index is 9.49. The quantitative estimate of drug-likeness (QED) is 0.708. The Labute approximate surface area is 118 Å². The maximum Gasteiger partial charge on any atom is 0.130 e. The van der Waals surface area contributed by atoms with E-state index in [2.05, 4.69) is 48.3 Å². The molecule has 0 aliphatic carbocycles. The lowest BCUT2D eigenvalue weighted by Crippen LogP contribution is -2.05. The predicted molar refractivity (Wildman–Crippen MR) is 79.3 cm³/mol. The molecule has 2 aromatic carbocycles. The van der Waals surface area contributed by atoms with Gasteiger partial charge in [0.1, 0.15) is 11.7 Å². The first-order valence-electron chi connectivity index (χ1n) is 6.56. The molecular weight excluding hydrogens is 246 g/mol. The van der Waals surface area contributed by atoms with Gasteiger partial charge >= 0.3 is 0 Å². The summed E-state index contributed by atoms with van der Waals surface area (Å²) in [5.41, 5.74) is 2.23. The summed E-state index contributed by atoms with van der Waals surface area (Å²) in [5.74, 6) is 0.444. The first kappa shape index (κ1) is 12.4. The van der Waals surface area contributed by atoms with E-state index in [1.165, 1.54) is 10.9 Å². The molecule has 3 rings (SSSR count). The van der Waals surface area contributed by atoms with Crippen LogP contribution in [-0.2, 0) is 7.05 Å². The van der Waals surface area contributed by atoms with Gasteiger partial charge in [-0.15, -0.1) is 0 Å². The molecule has 3 aromatic rings. The van der Waals surface area contributed by atoms with Crippen molar-refractivity contribution in [2.75, 3.05) is 0 Å². The molecule has 3 heteroatoms. The molecule has 3 nitrogen and oxygen atoms in total. The summed E-state index contributed by atoms with van der Waals surface area (Å²) in [4.78, 5) is 4.30. The van der Waals surface area contributed by atoms with Gasteiger partial charge in [0.2, 0.25) is 0 Å². The monoisotopic (exact) mass is 261 g/mol. The van der Waals surface area contributed by atoms with Crippen molar-refractivity contribution < 1.29 is 0 Å². The summed E-state index contributed by atoms with van der Waals surface area (Å²) in [7, 11) is 1.91. The van der Waals surface area contributed by atoms with Crippen LogP contribution in [0.25, 0.3) is 10.8 Å². The minimum Gasteiger partial charge on any atom is -0.337 e. The van der Waals surface area contributed by atoms with Crippen LogP contribution in [0.1, 0.15) is 22.9 Å². The van der Waals surface area contributed by atoms with Crippen LogP contribution in [0.2, 0.25) is 0 Å². The molecule has 1 heterocycles. The molecule has 20 heavy (non-hydrogen) atoms. The first-order valence-corrected chi connectivity index (χ1v) is 6.56. The largest absolute Gasteiger partial charge is 0.337 e. The zero-order valence-corrected chi connectivity index (χ0v) is 11.5. The molecule has 0 saturated heterocycles. The van der Waals surface area contributed by atoms with Gasteiger partial charge in [-0.2, -0.15) is 5.26 Å². The number of hydrogen-bond donors (Lipinski definition) is 0. The lowest BCUT2D eigenvalue weighted by molar-refractivity contribution is 0.784. The summed E-state index contributed by atoms with van der Waals surface area (Å²) < 4.78 is 1.90. The highest BCUT2D eigenvalue weighted by atomic mass is 15.0. The topological polar surface area (TPSA) is 41.6 Å². The highest BCUT2D eigenvalue weighted by molar-refractivity contribution is 5.84. The summed E-state index contributed by atoms with van der Waals surface area (Å²) in [6.07, 6.45) is 3.59. The van der Waals surface area contributed by atoms with Crippen LogP contribution < -0.4 is 0 Å². The second-order valence-electron chi connectivity index (χ2n) is 5.07. The van der Waals surface area contributed by atoms with Crippen molar-refractivity contribution in [3.05, 3.63) is 65.7 Å². The fraction of sp³-hybridized carbons (Fsp3) is 0.176. The fourth-order valence-electron chi connectivity index (χ4n) is 2.50. The highest BCUT2D eigenvalue weighted by Crippen LogP contribution is 2.26. The number of fused-ring (bicyclic) bond motifs is 1. The van der Waals surface area contributed by atoms with E-state index in [4.69, 9.17) is 0 Å². The zero-order valence-electron chi connectivity index (χ0n) is 11.5. The number of benzene rings is 2. The molecule has 0 aliphatic heterocycles.